The molecular formula is C33H31ClN4O5S. The number of aromatic nitrogens is 2. The lowest BCUT2D eigenvalue weighted by Gasteiger charge is -2.23. The summed E-state index contributed by atoms with van der Waals surface area (Å²) in [6.07, 6.45) is 2.58. The highest BCUT2D eigenvalue weighted by Gasteiger charge is 2.25. The second kappa shape index (κ2) is 12.5. The first-order chi connectivity index (χ1) is 20.9. The lowest BCUT2D eigenvalue weighted by molar-refractivity contribution is -0.118. The SMILES string of the molecule is CC(C)(C)OC(=O)NC(Cc1ccc(Cl)cc1)C(=O)Nc1ccc(-c2ccnc3c2ccn3S(=O)(=O)c2ccccc2)cc1. The second-order valence-corrected chi connectivity index (χ2v) is 13.4. The zero-order valence-electron chi connectivity index (χ0n) is 24.3. The number of alkyl carbamates (subject to hydrolysis) is 1. The van der Waals surface area contributed by atoms with Crippen molar-refractivity contribution in [2.24, 2.45) is 0 Å². The molecule has 0 bridgehead atoms. The first kappa shape index (κ1) is 30.8. The van der Waals surface area contributed by atoms with Gasteiger partial charge in [-0.15, -0.1) is 0 Å². The molecule has 0 aliphatic carbocycles. The smallest absolute Gasteiger partial charge is 0.408 e. The van der Waals surface area contributed by atoms with Gasteiger partial charge in [0.2, 0.25) is 5.91 Å². The normalized spacial score (nSPS) is 12.5. The Morgan fingerprint density at radius 3 is 2.27 bits per heavy atom. The van der Waals surface area contributed by atoms with Crippen LogP contribution in [-0.2, 0) is 26.0 Å². The Kier molecular flexibility index (Phi) is 8.75. The topological polar surface area (TPSA) is 119 Å². The molecule has 0 fully saturated rings. The van der Waals surface area contributed by atoms with Crippen molar-refractivity contribution in [2.45, 2.75) is 43.7 Å². The van der Waals surface area contributed by atoms with Crippen molar-refractivity contribution in [2.75, 3.05) is 5.32 Å². The number of rotatable bonds is 8. The summed E-state index contributed by atoms with van der Waals surface area (Å²) in [6, 6.07) is 24.9. The number of anilines is 1. The Morgan fingerprint density at radius 1 is 0.932 bits per heavy atom. The highest BCUT2D eigenvalue weighted by molar-refractivity contribution is 7.90. The van der Waals surface area contributed by atoms with Crippen LogP contribution in [0.2, 0.25) is 5.02 Å². The third-order valence-electron chi connectivity index (χ3n) is 6.68. The number of pyridine rings is 1. The highest BCUT2D eigenvalue weighted by Crippen LogP contribution is 2.31. The van der Waals surface area contributed by atoms with Gasteiger partial charge < -0.3 is 15.4 Å². The summed E-state index contributed by atoms with van der Waals surface area (Å²) in [6.45, 7) is 5.24. The molecule has 9 nitrogen and oxygen atoms in total. The maximum Gasteiger partial charge on any atom is 0.408 e. The molecule has 11 heteroatoms. The molecule has 2 amide bonds. The molecule has 1 atom stereocenters. The average Bonchev–Trinajstić information content (AvgIpc) is 3.43. The van der Waals surface area contributed by atoms with Crippen LogP contribution in [0.1, 0.15) is 26.3 Å². The zero-order chi connectivity index (χ0) is 31.5. The van der Waals surface area contributed by atoms with E-state index in [2.05, 4.69) is 15.6 Å². The zero-order valence-corrected chi connectivity index (χ0v) is 25.9. The van der Waals surface area contributed by atoms with Crippen molar-refractivity contribution in [1.82, 2.24) is 14.3 Å². The fourth-order valence-electron chi connectivity index (χ4n) is 4.64. The maximum atomic E-state index is 13.4. The lowest BCUT2D eigenvalue weighted by Crippen LogP contribution is -2.47. The summed E-state index contributed by atoms with van der Waals surface area (Å²) in [5.41, 5.74) is 2.48. The lowest BCUT2D eigenvalue weighted by atomic mass is 10.0. The molecule has 3 aromatic carbocycles. The summed E-state index contributed by atoms with van der Waals surface area (Å²) in [7, 11) is -3.83. The van der Waals surface area contributed by atoms with E-state index in [1.165, 1.54) is 10.2 Å². The first-order valence-electron chi connectivity index (χ1n) is 13.8. The molecule has 226 valence electrons. The largest absolute Gasteiger partial charge is 0.444 e. The number of hydrogen-bond acceptors (Lipinski definition) is 6. The molecule has 5 aromatic rings. The van der Waals surface area contributed by atoms with Crippen LogP contribution in [-0.4, -0.2) is 41.0 Å². The van der Waals surface area contributed by atoms with Gasteiger partial charge in [0.25, 0.3) is 10.0 Å². The van der Waals surface area contributed by atoms with Crippen LogP contribution in [0.5, 0.6) is 0 Å². The van der Waals surface area contributed by atoms with E-state index in [1.807, 2.05) is 18.2 Å². The molecular weight excluding hydrogens is 600 g/mol. The van der Waals surface area contributed by atoms with E-state index in [1.54, 1.807) is 99.8 Å². The van der Waals surface area contributed by atoms with Gasteiger partial charge in [-0.2, -0.15) is 0 Å². The predicted octanol–water partition coefficient (Wildman–Crippen LogP) is 6.67. The van der Waals surface area contributed by atoms with Gasteiger partial charge >= 0.3 is 6.09 Å². The van der Waals surface area contributed by atoms with Gasteiger partial charge in [-0.25, -0.2) is 22.2 Å². The van der Waals surface area contributed by atoms with Crippen LogP contribution in [0.15, 0.2) is 108 Å². The standard InChI is InChI=1S/C33H31ClN4O5S/c1-33(2,3)43-32(40)37-29(21-22-9-13-24(34)14-10-22)31(39)36-25-15-11-23(12-16-25)27-17-19-35-30-28(27)18-20-38(30)44(41,42)26-7-5-4-6-8-26/h4-20,29H,21H2,1-3H3,(H,36,39)(H,37,40). The predicted molar refractivity (Wildman–Crippen MR) is 171 cm³/mol. The molecule has 0 aliphatic rings. The van der Waals surface area contributed by atoms with Crippen LogP contribution >= 0.6 is 11.6 Å². The summed E-state index contributed by atoms with van der Waals surface area (Å²) in [5, 5.41) is 6.77. The van der Waals surface area contributed by atoms with E-state index in [4.69, 9.17) is 16.3 Å². The van der Waals surface area contributed by atoms with E-state index < -0.39 is 33.7 Å². The number of halogens is 1. The number of nitrogens with zero attached hydrogens (tertiary/aromatic N) is 2. The monoisotopic (exact) mass is 630 g/mol. The number of nitrogens with one attached hydrogen (secondary N) is 2. The van der Waals surface area contributed by atoms with Gasteiger partial charge in [-0.3, -0.25) is 4.79 Å². The molecule has 2 N–H and O–H groups in total. The van der Waals surface area contributed by atoms with Crippen LogP contribution in [0.4, 0.5) is 10.5 Å². The number of carbonyl (C=O) groups is 2. The summed E-state index contributed by atoms with van der Waals surface area (Å²) < 4.78 is 33.1. The molecule has 2 heterocycles. The minimum atomic E-state index is -3.83. The van der Waals surface area contributed by atoms with Crippen molar-refractivity contribution in [1.29, 1.82) is 0 Å². The van der Waals surface area contributed by atoms with E-state index in [-0.39, 0.29) is 11.3 Å². The van der Waals surface area contributed by atoms with Gasteiger partial charge in [0.1, 0.15) is 11.6 Å². The van der Waals surface area contributed by atoms with Crippen LogP contribution < -0.4 is 10.6 Å². The third-order valence-corrected chi connectivity index (χ3v) is 8.61. The van der Waals surface area contributed by atoms with E-state index in [0.29, 0.717) is 21.7 Å². The molecule has 0 saturated heterocycles. The van der Waals surface area contributed by atoms with Gasteiger partial charge in [0.05, 0.1) is 4.90 Å². The minimum Gasteiger partial charge on any atom is -0.444 e. The minimum absolute atomic E-state index is 0.167. The summed E-state index contributed by atoms with van der Waals surface area (Å²) >= 11 is 6.01. The molecule has 0 saturated carbocycles. The van der Waals surface area contributed by atoms with Gasteiger partial charge in [-0.05, 0) is 86.0 Å². The maximum absolute atomic E-state index is 13.4. The van der Waals surface area contributed by atoms with Gasteiger partial charge in [0.15, 0.2) is 5.65 Å². The summed E-state index contributed by atoms with van der Waals surface area (Å²) in [5.74, 6) is -0.423. The Hall–Kier alpha value is -4.67. The molecule has 0 spiro atoms. The fourth-order valence-corrected chi connectivity index (χ4v) is 6.09. The highest BCUT2D eigenvalue weighted by atomic mass is 35.5. The number of benzene rings is 3. The molecule has 0 aliphatic heterocycles. The molecule has 2 aromatic heterocycles. The Bertz CT molecular complexity index is 1900. The number of carbonyl (C=O) groups excluding carboxylic acids is 2. The van der Waals surface area contributed by atoms with E-state index >= 15 is 0 Å². The van der Waals surface area contributed by atoms with Crippen molar-refractivity contribution < 1.29 is 22.7 Å². The van der Waals surface area contributed by atoms with Crippen molar-refractivity contribution in [3.8, 4) is 11.1 Å². The van der Waals surface area contributed by atoms with Gasteiger partial charge in [-0.1, -0.05) is 54.1 Å². The number of hydrogen-bond donors (Lipinski definition) is 2. The molecule has 5 rings (SSSR count). The Balaban J connectivity index is 1.37. The molecule has 44 heavy (non-hydrogen) atoms. The van der Waals surface area contributed by atoms with Crippen LogP contribution in [0.3, 0.4) is 0 Å². The Morgan fingerprint density at radius 2 is 1.61 bits per heavy atom. The Labute approximate surface area is 260 Å². The average molecular weight is 631 g/mol. The quantitative estimate of drug-likeness (QED) is 0.198. The van der Waals surface area contributed by atoms with Crippen LogP contribution in [0.25, 0.3) is 22.2 Å². The van der Waals surface area contributed by atoms with E-state index in [0.717, 1.165) is 16.7 Å². The number of ether oxygens (including phenoxy) is 1. The second-order valence-electron chi connectivity index (χ2n) is 11.1. The summed E-state index contributed by atoms with van der Waals surface area (Å²) in [4.78, 5) is 30.4. The van der Waals surface area contributed by atoms with Crippen molar-refractivity contribution >= 4 is 50.3 Å². The van der Waals surface area contributed by atoms with E-state index in [9.17, 15) is 18.0 Å². The third kappa shape index (κ3) is 7.10. The number of amides is 2. The van der Waals surface area contributed by atoms with Crippen LogP contribution in [0, 0.1) is 0 Å². The molecule has 1 unspecified atom stereocenters. The molecule has 0 radical (unpaired) electrons. The van der Waals surface area contributed by atoms with Gasteiger partial charge in [0, 0.05) is 34.9 Å². The number of fused-ring (bicyclic) bond motifs is 1. The van der Waals surface area contributed by atoms with Crippen molar-refractivity contribution in [3.05, 3.63) is 114 Å². The van der Waals surface area contributed by atoms with Crippen molar-refractivity contribution in [3.63, 3.8) is 0 Å². The first-order valence-corrected chi connectivity index (χ1v) is 15.6. The fraction of sp³-hybridized carbons (Fsp3) is 0.182.